The maximum Gasteiger partial charge on any atom is 0.352 e. The smallest absolute Gasteiger partial charge is 0.352 e. The van der Waals surface area contributed by atoms with Crippen LogP contribution in [-0.4, -0.2) is 74.1 Å². The molecule has 12 heteroatoms. The third kappa shape index (κ3) is 6.36. The van der Waals surface area contributed by atoms with Gasteiger partial charge in [-0.15, -0.1) is 0 Å². The van der Waals surface area contributed by atoms with Crippen LogP contribution in [0.5, 0.6) is 5.75 Å². The number of carbonyl (C=O) groups is 2. The number of aromatic carboxylic acids is 1. The fraction of sp³-hybridized carbons (Fsp3) is 0.386. The van der Waals surface area contributed by atoms with Crippen molar-refractivity contribution in [3.05, 3.63) is 98.0 Å². The Kier molecular flexibility index (Phi) is 9.96. The average molecular weight is 796 g/mol. The first-order valence-electron chi connectivity index (χ1n) is 19.4. The molecule has 56 heavy (non-hydrogen) atoms. The Hall–Kier alpha value is -4.77. The van der Waals surface area contributed by atoms with Crippen molar-refractivity contribution in [1.82, 2.24) is 23.8 Å². The second-order valence-corrected chi connectivity index (χ2v) is 16.6. The molecule has 1 unspecified atom stereocenters. The van der Waals surface area contributed by atoms with E-state index in [4.69, 9.17) is 33.0 Å². The summed E-state index contributed by atoms with van der Waals surface area (Å²) in [5.41, 5.74) is 9.83. The van der Waals surface area contributed by atoms with Gasteiger partial charge in [0.25, 0.3) is 5.91 Å². The Morgan fingerprint density at radius 1 is 0.982 bits per heavy atom. The van der Waals surface area contributed by atoms with Gasteiger partial charge in [0, 0.05) is 65.3 Å². The van der Waals surface area contributed by atoms with Crippen molar-refractivity contribution >= 4 is 62.6 Å². The molecule has 2 aliphatic rings. The van der Waals surface area contributed by atoms with Gasteiger partial charge in [0.1, 0.15) is 17.1 Å². The van der Waals surface area contributed by atoms with Gasteiger partial charge in [0.05, 0.1) is 34.0 Å². The lowest BCUT2D eigenvalue weighted by molar-refractivity contribution is 0.0684. The van der Waals surface area contributed by atoms with Gasteiger partial charge in [-0.25, -0.2) is 4.79 Å². The molecule has 3 aromatic carbocycles. The number of likely N-dealkylation sites (tertiary alicyclic amines) is 1. The van der Waals surface area contributed by atoms with Gasteiger partial charge in [0.15, 0.2) is 0 Å². The number of aryl methyl sites for hydroxylation is 5. The molecule has 6 aromatic rings. The molecule has 2 aliphatic heterocycles. The highest BCUT2D eigenvalue weighted by atomic mass is 35.5. The van der Waals surface area contributed by atoms with Crippen molar-refractivity contribution in [2.75, 3.05) is 38.2 Å². The molecule has 1 saturated heterocycles. The number of carboxylic acid groups (broad SMARTS) is 1. The number of hydrogen-bond donors (Lipinski definition) is 1. The molecule has 0 aliphatic carbocycles. The van der Waals surface area contributed by atoms with E-state index < -0.39 is 5.97 Å². The van der Waals surface area contributed by atoms with E-state index in [0.717, 1.165) is 97.0 Å². The molecular formula is C44H48Cl2N6O4. The standard InChI is InChI=1S/C44H48Cl2N6O4/c1-24-18-31(19-25(2)39(24)46)56-17-9-11-32-33-13-14-34(45)38(37-27(4)47-49(7)28(37)5)41(33)52-26(3)21-51(43(53)42(32)52)35-12-8-10-30-20-36(44(54)55)50(40(30)35)23-29-15-16-48(6)22-29/h8,10,12-14,18-20,26,29H,9,11,15-17,21-23H2,1-7H3,(H,54,55)/t26-,29?/m1/s1. The van der Waals surface area contributed by atoms with Gasteiger partial charge in [-0.1, -0.05) is 41.4 Å². The molecule has 2 atom stereocenters. The number of para-hydroxylation sites is 1. The van der Waals surface area contributed by atoms with E-state index in [2.05, 4.69) is 23.4 Å². The summed E-state index contributed by atoms with van der Waals surface area (Å²) in [4.78, 5) is 32.2. The van der Waals surface area contributed by atoms with Crippen LogP contribution in [0.15, 0.2) is 48.5 Å². The molecule has 1 N–H and O–H groups in total. The van der Waals surface area contributed by atoms with Crippen LogP contribution in [0.3, 0.4) is 0 Å². The van der Waals surface area contributed by atoms with Crippen molar-refractivity contribution < 1.29 is 19.4 Å². The van der Waals surface area contributed by atoms with E-state index in [-0.39, 0.29) is 17.6 Å². The van der Waals surface area contributed by atoms with Crippen LogP contribution in [0.2, 0.25) is 10.0 Å². The molecule has 292 valence electrons. The highest BCUT2D eigenvalue weighted by Crippen LogP contribution is 2.46. The van der Waals surface area contributed by atoms with Crippen LogP contribution < -0.4 is 9.64 Å². The fourth-order valence-corrected chi connectivity index (χ4v) is 9.62. The van der Waals surface area contributed by atoms with E-state index in [1.165, 1.54) is 0 Å². The molecule has 1 amide bonds. The van der Waals surface area contributed by atoms with Gasteiger partial charge in [0.2, 0.25) is 0 Å². The third-order valence-corrected chi connectivity index (χ3v) is 12.8. The number of aromatic nitrogens is 4. The third-order valence-electron chi connectivity index (χ3n) is 11.9. The topological polar surface area (TPSA) is 97.8 Å². The lowest BCUT2D eigenvalue weighted by atomic mass is 9.98. The second-order valence-electron chi connectivity index (χ2n) is 15.9. The van der Waals surface area contributed by atoms with Crippen molar-refractivity contribution in [2.45, 2.75) is 66.5 Å². The summed E-state index contributed by atoms with van der Waals surface area (Å²) in [7, 11) is 4.03. The van der Waals surface area contributed by atoms with E-state index in [1.54, 1.807) is 6.07 Å². The molecule has 1 fully saturated rings. The maximum atomic E-state index is 15.3. The molecule has 0 saturated carbocycles. The number of nitrogens with zero attached hydrogens (tertiary/aromatic N) is 6. The first-order valence-corrected chi connectivity index (χ1v) is 20.1. The number of halogens is 2. The summed E-state index contributed by atoms with van der Waals surface area (Å²) in [6.45, 7) is 13.4. The Bertz CT molecular complexity index is 2540. The zero-order valence-corrected chi connectivity index (χ0v) is 34.6. The van der Waals surface area contributed by atoms with Gasteiger partial charge in [-0.3, -0.25) is 9.48 Å². The molecule has 10 nitrogen and oxygen atoms in total. The number of amides is 1. The van der Waals surface area contributed by atoms with Gasteiger partial charge in [-0.2, -0.15) is 5.10 Å². The van der Waals surface area contributed by atoms with E-state index in [0.29, 0.717) is 49.2 Å². The monoisotopic (exact) mass is 794 g/mol. The number of ether oxygens (including phenoxy) is 1. The summed E-state index contributed by atoms with van der Waals surface area (Å²) in [5.74, 6) is -0.0338. The fourth-order valence-electron chi connectivity index (χ4n) is 9.26. The van der Waals surface area contributed by atoms with Crippen molar-refractivity contribution in [3.63, 3.8) is 0 Å². The molecule has 8 rings (SSSR count). The zero-order chi connectivity index (χ0) is 39.7. The number of anilines is 1. The number of hydrogen-bond acceptors (Lipinski definition) is 5. The molecule has 0 radical (unpaired) electrons. The summed E-state index contributed by atoms with van der Waals surface area (Å²) in [6, 6.07) is 15.3. The van der Waals surface area contributed by atoms with Crippen LogP contribution in [0, 0.1) is 33.6 Å². The van der Waals surface area contributed by atoms with Crippen LogP contribution in [-0.2, 0) is 20.0 Å². The summed E-state index contributed by atoms with van der Waals surface area (Å²) in [6.07, 6.45) is 2.23. The number of fused-ring (bicyclic) bond motifs is 4. The minimum atomic E-state index is -0.976. The molecular weight excluding hydrogens is 747 g/mol. The number of carbonyl (C=O) groups excluding carboxylic acids is 1. The molecule has 0 bridgehead atoms. The average Bonchev–Trinajstić information content (AvgIpc) is 3.90. The number of carboxylic acids is 1. The van der Waals surface area contributed by atoms with Gasteiger partial charge < -0.3 is 28.8 Å². The minimum Gasteiger partial charge on any atom is -0.494 e. The van der Waals surface area contributed by atoms with Crippen LogP contribution in [0.1, 0.15) is 74.9 Å². The Balaban J connectivity index is 1.27. The van der Waals surface area contributed by atoms with E-state index >= 15 is 4.79 Å². The minimum absolute atomic E-state index is 0.126. The number of rotatable bonds is 10. The van der Waals surface area contributed by atoms with E-state index in [1.807, 2.05) is 91.4 Å². The van der Waals surface area contributed by atoms with Crippen LogP contribution >= 0.6 is 23.2 Å². The Morgan fingerprint density at radius 2 is 1.73 bits per heavy atom. The Labute approximate surface area is 337 Å². The lowest BCUT2D eigenvalue weighted by Crippen LogP contribution is -2.43. The highest BCUT2D eigenvalue weighted by Gasteiger charge is 2.38. The normalized spacial score (nSPS) is 17.4. The van der Waals surface area contributed by atoms with Crippen molar-refractivity contribution in [1.29, 1.82) is 0 Å². The largest absolute Gasteiger partial charge is 0.494 e. The molecule has 3 aromatic heterocycles. The quantitative estimate of drug-likeness (QED) is 0.139. The molecule has 5 heterocycles. The first kappa shape index (κ1) is 38.1. The van der Waals surface area contributed by atoms with Crippen LogP contribution in [0.4, 0.5) is 5.69 Å². The maximum absolute atomic E-state index is 15.3. The predicted octanol–water partition coefficient (Wildman–Crippen LogP) is 9.42. The van der Waals surface area contributed by atoms with Gasteiger partial charge >= 0.3 is 5.97 Å². The molecule has 0 spiro atoms. The highest BCUT2D eigenvalue weighted by molar-refractivity contribution is 6.35. The zero-order valence-electron chi connectivity index (χ0n) is 33.0. The first-order chi connectivity index (χ1) is 26.7. The predicted molar refractivity (Wildman–Crippen MR) is 224 cm³/mol. The van der Waals surface area contributed by atoms with Crippen molar-refractivity contribution in [3.8, 4) is 16.9 Å². The summed E-state index contributed by atoms with van der Waals surface area (Å²) in [5, 5.41) is 18.2. The SMILES string of the molecule is Cc1cc(OCCCc2c3n(c4c(-c5c(C)nn(C)c5C)c(Cl)ccc24)[C@H](C)CN(c2cccc4cc(C(=O)O)n(CC5CCN(C)C5)c24)C3=O)cc(C)c1Cl. The lowest BCUT2D eigenvalue weighted by Gasteiger charge is -2.35. The Morgan fingerprint density at radius 3 is 2.39 bits per heavy atom. The van der Waals surface area contributed by atoms with E-state index in [9.17, 15) is 9.90 Å². The second kappa shape index (κ2) is 14.6. The number of benzene rings is 3. The summed E-state index contributed by atoms with van der Waals surface area (Å²) < 4.78 is 12.3. The summed E-state index contributed by atoms with van der Waals surface area (Å²) >= 11 is 13.6. The van der Waals surface area contributed by atoms with Crippen molar-refractivity contribution in [2.24, 2.45) is 13.0 Å². The van der Waals surface area contributed by atoms with Crippen LogP contribution in [0.25, 0.3) is 32.9 Å². The van der Waals surface area contributed by atoms with Gasteiger partial charge in [-0.05, 0) is 120 Å².